The monoisotopic (exact) mass is 328 g/mol. The van der Waals surface area contributed by atoms with Crippen LogP contribution in [0.2, 0.25) is 0 Å². The molecule has 2 heterocycles. The molecule has 2 amide bonds. The largest absolute Gasteiger partial charge is 0.361 e. The van der Waals surface area contributed by atoms with Crippen LogP contribution < -0.4 is 10.6 Å². The van der Waals surface area contributed by atoms with Gasteiger partial charge in [0.1, 0.15) is 0 Å². The molecule has 0 aliphatic rings. The topological polar surface area (TPSA) is 69.8 Å². The van der Waals surface area contributed by atoms with E-state index in [1.165, 1.54) is 10.9 Å². The fourth-order valence-electron chi connectivity index (χ4n) is 2.54. The van der Waals surface area contributed by atoms with Gasteiger partial charge in [-0.1, -0.05) is 18.2 Å². The van der Waals surface area contributed by atoms with E-state index in [0.717, 1.165) is 28.2 Å². The maximum absolute atomic E-state index is 11.8. The standard InChI is InChI=1S/C17H20N4OS/c1-12-19-10-14(23-12)11-21-17(22)18-8-4-5-13-9-20-16-7-3-2-6-15(13)16/h2-3,6-7,9-10,20H,4-5,8,11H2,1H3,(H2,18,21,22). The lowest BCUT2D eigenvalue weighted by molar-refractivity contribution is 0.240. The Morgan fingerprint density at radius 3 is 3.00 bits per heavy atom. The number of rotatable bonds is 6. The Kier molecular flexibility index (Phi) is 4.92. The number of hydrogen-bond acceptors (Lipinski definition) is 3. The average molecular weight is 328 g/mol. The number of fused-ring (bicyclic) bond motifs is 1. The fourth-order valence-corrected chi connectivity index (χ4v) is 3.27. The molecule has 3 N–H and O–H groups in total. The summed E-state index contributed by atoms with van der Waals surface area (Å²) in [4.78, 5) is 20.3. The molecule has 0 saturated heterocycles. The summed E-state index contributed by atoms with van der Waals surface area (Å²) in [5.41, 5.74) is 2.45. The number of benzene rings is 1. The molecular weight excluding hydrogens is 308 g/mol. The van der Waals surface area contributed by atoms with E-state index >= 15 is 0 Å². The second kappa shape index (κ2) is 7.28. The number of amides is 2. The number of para-hydroxylation sites is 1. The first-order valence-corrected chi connectivity index (χ1v) is 8.52. The van der Waals surface area contributed by atoms with Gasteiger partial charge in [0.15, 0.2) is 0 Å². The molecule has 120 valence electrons. The molecule has 0 fully saturated rings. The number of carbonyl (C=O) groups is 1. The number of thiazole rings is 1. The van der Waals surface area contributed by atoms with Gasteiger partial charge in [0.05, 0.1) is 11.6 Å². The molecule has 1 aromatic carbocycles. The van der Waals surface area contributed by atoms with Gasteiger partial charge in [-0.2, -0.15) is 0 Å². The van der Waals surface area contributed by atoms with Gasteiger partial charge in [0.25, 0.3) is 0 Å². The molecule has 3 rings (SSSR count). The molecule has 0 aliphatic carbocycles. The Balaban J connectivity index is 1.38. The van der Waals surface area contributed by atoms with E-state index in [4.69, 9.17) is 0 Å². The van der Waals surface area contributed by atoms with Crippen molar-refractivity contribution in [2.45, 2.75) is 26.3 Å². The van der Waals surface area contributed by atoms with Crippen LogP contribution in [0, 0.1) is 6.92 Å². The van der Waals surface area contributed by atoms with Crippen molar-refractivity contribution in [3.05, 3.63) is 52.1 Å². The highest BCUT2D eigenvalue weighted by molar-refractivity contribution is 7.11. The zero-order valence-electron chi connectivity index (χ0n) is 13.1. The summed E-state index contributed by atoms with van der Waals surface area (Å²) in [5.74, 6) is 0. The van der Waals surface area contributed by atoms with Gasteiger partial charge in [-0.15, -0.1) is 11.3 Å². The van der Waals surface area contributed by atoms with Gasteiger partial charge < -0.3 is 15.6 Å². The molecule has 0 unspecified atom stereocenters. The molecule has 0 radical (unpaired) electrons. The molecule has 23 heavy (non-hydrogen) atoms. The maximum atomic E-state index is 11.8. The minimum absolute atomic E-state index is 0.130. The molecule has 0 bridgehead atoms. The number of carbonyl (C=O) groups excluding carboxylic acids is 1. The first kappa shape index (κ1) is 15.6. The van der Waals surface area contributed by atoms with E-state index in [-0.39, 0.29) is 6.03 Å². The van der Waals surface area contributed by atoms with Crippen LogP contribution in [-0.2, 0) is 13.0 Å². The van der Waals surface area contributed by atoms with Crippen LogP contribution in [0.5, 0.6) is 0 Å². The lowest BCUT2D eigenvalue weighted by atomic mass is 10.1. The predicted octanol–water partition coefficient (Wildman–Crippen LogP) is 3.36. The van der Waals surface area contributed by atoms with E-state index in [1.54, 1.807) is 17.5 Å². The van der Waals surface area contributed by atoms with Gasteiger partial charge >= 0.3 is 6.03 Å². The first-order chi connectivity index (χ1) is 11.2. The highest BCUT2D eigenvalue weighted by atomic mass is 32.1. The Labute approximate surface area is 139 Å². The number of hydrogen-bond donors (Lipinski definition) is 3. The third-order valence-electron chi connectivity index (χ3n) is 3.68. The van der Waals surface area contributed by atoms with Crippen LogP contribution in [0.15, 0.2) is 36.7 Å². The van der Waals surface area contributed by atoms with Crippen molar-refractivity contribution < 1.29 is 4.79 Å². The molecular formula is C17H20N4OS. The third kappa shape index (κ3) is 4.10. The summed E-state index contributed by atoms with van der Waals surface area (Å²) in [7, 11) is 0. The SMILES string of the molecule is Cc1ncc(CNC(=O)NCCCc2c[nH]c3ccccc23)s1. The predicted molar refractivity (Wildman–Crippen MR) is 93.7 cm³/mol. The summed E-state index contributed by atoms with van der Waals surface area (Å²) in [6.07, 6.45) is 5.71. The van der Waals surface area contributed by atoms with Gasteiger partial charge in [0, 0.05) is 34.7 Å². The van der Waals surface area contributed by atoms with E-state index in [9.17, 15) is 4.79 Å². The summed E-state index contributed by atoms with van der Waals surface area (Å²) in [6.45, 7) is 3.14. The van der Waals surface area contributed by atoms with Crippen LogP contribution in [0.1, 0.15) is 21.9 Å². The molecule has 6 heteroatoms. The minimum Gasteiger partial charge on any atom is -0.361 e. The smallest absolute Gasteiger partial charge is 0.315 e. The zero-order valence-corrected chi connectivity index (χ0v) is 13.9. The van der Waals surface area contributed by atoms with Crippen molar-refractivity contribution in [3.63, 3.8) is 0 Å². The molecule has 3 aromatic rings. The maximum Gasteiger partial charge on any atom is 0.315 e. The Hall–Kier alpha value is -2.34. The normalized spacial score (nSPS) is 10.8. The number of nitrogens with zero attached hydrogens (tertiary/aromatic N) is 1. The van der Waals surface area contributed by atoms with Gasteiger partial charge in [-0.25, -0.2) is 9.78 Å². The van der Waals surface area contributed by atoms with Crippen molar-refractivity contribution in [1.29, 1.82) is 0 Å². The molecule has 0 spiro atoms. The highest BCUT2D eigenvalue weighted by Crippen LogP contribution is 2.18. The molecule has 2 aromatic heterocycles. The number of H-pyrrole nitrogens is 1. The lowest BCUT2D eigenvalue weighted by Crippen LogP contribution is -2.35. The molecule has 5 nitrogen and oxygen atoms in total. The Bertz CT molecular complexity index is 793. The fraction of sp³-hybridized carbons (Fsp3) is 0.294. The van der Waals surface area contributed by atoms with E-state index in [1.807, 2.05) is 19.1 Å². The lowest BCUT2D eigenvalue weighted by Gasteiger charge is -2.06. The Morgan fingerprint density at radius 1 is 1.30 bits per heavy atom. The average Bonchev–Trinajstić information content (AvgIpc) is 3.16. The number of nitrogens with one attached hydrogen (secondary N) is 3. The summed E-state index contributed by atoms with van der Waals surface area (Å²) >= 11 is 1.60. The van der Waals surface area contributed by atoms with Crippen LogP contribution in [0.3, 0.4) is 0 Å². The summed E-state index contributed by atoms with van der Waals surface area (Å²) in [5, 5.41) is 8.02. The first-order valence-electron chi connectivity index (χ1n) is 7.70. The second-order valence-corrected chi connectivity index (χ2v) is 6.74. The van der Waals surface area contributed by atoms with E-state index in [2.05, 4.69) is 38.9 Å². The van der Waals surface area contributed by atoms with Crippen LogP contribution in [-0.4, -0.2) is 22.5 Å². The van der Waals surface area contributed by atoms with Crippen molar-refractivity contribution in [2.24, 2.45) is 0 Å². The number of aromatic nitrogens is 2. The Morgan fingerprint density at radius 2 is 2.17 bits per heavy atom. The molecule has 0 aliphatic heterocycles. The zero-order chi connectivity index (χ0) is 16.1. The van der Waals surface area contributed by atoms with Crippen molar-refractivity contribution in [1.82, 2.24) is 20.6 Å². The van der Waals surface area contributed by atoms with Crippen molar-refractivity contribution >= 4 is 28.3 Å². The van der Waals surface area contributed by atoms with E-state index < -0.39 is 0 Å². The number of urea groups is 1. The highest BCUT2D eigenvalue weighted by Gasteiger charge is 2.04. The van der Waals surface area contributed by atoms with Crippen LogP contribution in [0.4, 0.5) is 4.79 Å². The minimum atomic E-state index is -0.130. The van der Waals surface area contributed by atoms with E-state index in [0.29, 0.717) is 13.1 Å². The van der Waals surface area contributed by atoms with Crippen LogP contribution >= 0.6 is 11.3 Å². The van der Waals surface area contributed by atoms with Gasteiger partial charge in [-0.3, -0.25) is 0 Å². The van der Waals surface area contributed by atoms with Crippen molar-refractivity contribution in [3.8, 4) is 0 Å². The molecule has 0 atom stereocenters. The second-order valence-electron chi connectivity index (χ2n) is 5.42. The summed E-state index contributed by atoms with van der Waals surface area (Å²) < 4.78 is 0. The number of aromatic amines is 1. The third-order valence-corrected chi connectivity index (χ3v) is 4.59. The molecule has 0 saturated carbocycles. The summed E-state index contributed by atoms with van der Waals surface area (Å²) in [6, 6.07) is 8.14. The van der Waals surface area contributed by atoms with Gasteiger partial charge in [0.2, 0.25) is 0 Å². The van der Waals surface area contributed by atoms with Gasteiger partial charge in [-0.05, 0) is 31.4 Å². The van der Waals surface area contributed by atoms with Crippen molar-refractivity contribution in [2.75, 3.05) is 6.54 Å². The number of aryl methyl sites for hydroxylation is 2. The van der Waals surface area contributed by atoms with Crippen LogP contribution in [0.25, 0.3) is 10.9 Å². The quantitative estimate of drug-likeness (QED) is 0.607.